The van der Waals surface area contributed by atoms with Gasteiger partial charge in [0.1, 0.15) is 5.84 Å². The topological polar surface area (TPSA) is 38.4 Å². The molecule has 0 bridgehead atoms. The molecule has 2 heteroatoms. The molecule has 1 unspecified atom stereocenters. The van der Waals surface area contributed by atoms with Gasteiger partial charge in [-0.3, -0.25) is 4.99 Å². The van der Waals surface area contributed by atoms with Crippen molar-refractivity contribution in [2.75, 3.05) is 0 Å². The van der Waals surface area contributed by atoms with Gasteiger partial charge in [0.15, 0.2) is 0 Å². The molecule has 0 fully saturated rings. The molecule has 0 aromatic heterocycles. The summed E-state index contributed by atoms with van der Waals surface area (Å²) in [5.74, 6) is 1.07. The van der Waals surface area contributed by atoms with Gasteiger partial charge in [0.25, 0.3) is 0 Å². The molecule has 0 aromatic rings. The molecule has 0 aromatic carbocycles. The second-order valence-corrected chi connectivity index (χ2v) is 2.74. The van der Waals surface area contributed by atoms with Gasteiger partial charge in [-0.05, 0) is 18.9 Å². The monoisotopic (exact) mass is 140 g/mol. The van der Waals surface area contributed by atoms with Crippen molar-refractivity contribution in [2.24, 2.45) is 16.6 Å². The Hall–Kier alpha value is -0.790. The molecular weight excluding hydrogens is 124 g/mol. The molecule has 0 aliphatic rings. The van der Waals surface area contributed by atoms with Gasteiger partial charge in [0.2, 0.25) is 0 Å². The molecular formula is C8H16N2. The molecule has 0 amide bonds. The normalized spacial score (nSPS) is 15.4. The van der Waals surface area contributed by atoms with Crippen LogP contribution in [0.25, 0.3) is 0 Å². The molecule has 0 aliphatic carbocycles. The molecule has 0 aliphatic heterocycles. The van der Waals surface area contributed by atoms with Gasteiger partial charge in [-0.15, -0.1) is 0 Å². The Balaban J connectivity index is 3.98. The van der Waals surface area contributed by atoms with Crippen molar-refractivity contribution in [1.82, 2.24) is 0 Å². The van der Waals surface area contributed by atoms with Gasteiger partial charge in [-0.25, -0.2) is 0 Å². The number of aliphatic imine (C=N–C) groups is 1. The highest BCUT2D eigenvalue weighted by Crippen LogP contribution is 2.04. The van der Waals surface area contributed by atoms with E-state index in [2.05, 4.69) is 25.4 Å². The number of amidine groups is 1. The fourth-order valence-electron chi connectivity index (χ4n) is 0.437. The van der Waals surface area contributed by atoms with E-state index < -0.39 is 0 Å². The smallest absolute Gasteiger partial charge is 0.117 e. The molecule has 0 rings (SSSR count). The highest BCUT2D eigenvalue weighted by Gasteiger charge is 2.03. The van der Waals surface area contributed by atoms with Crippen LogP contribution in [0, 0.1) is 5.92 Å². The van der Waals surface area contributed by atoms with Crippen molar-refractivity contribution in [3.05, 3.63) is 12.7 Å². The number of hydrogen-bond donors (Lipinski definition) is 1. The first-order chi connectivity index (χ1) is 4.57. The van der Waals surface area contributed by atoms with E-state index in [4.69, 9.17) is 5.73 Å². The van der Waals surface area contributed by atoms with Gasteiger partial charge < -0.3 is 5.73 Å². The number of rotatable bonds is 3. The minimum atomic E-state index is 0.290. The van der Waals surface area contributed by atoms with E-state index in [1.165, 1.54) is 0 Å². The Labute approximate surface area is 62.8 Å². The number of nitrogens with two attached hydrogens (primary N) is 1. The molecule has 0 spiro atoms. The SMILES string of the molecule is C=CC(N)=NC(C)C(C)C. The molecule has 0 saturated heterocycles. The highest BCUT2D eigenvalue weighted by atomic mass is 14.9. The van der Waals surface area contributed by atoms with Crippen LogP contribution < -0.4 is 5.73 Å². The summed E-state index contributed by atoms with van der Waals surface area (Å²) in [7, 11) is 0. The van der Waals surface area contributed by atoms with Crippen molar-refractivity contribution >= 4 is 5.84 Å². The third kappa shape index (κ3) is 3.28. The molecule has 1 atom stereocenters. The number of hydrogen-bond acceptors (Lipinski definition) is 1. The lowest BCUT2D eigenvalue weighted by Gasteiger charge is -2.09. The van der Waals surface area contributed by atoms with Crippen molar-refractivity contribution < 1.29 is 0 Å². The molecule has 10 heavy (non-hydrogen) atoms. The van der Waals surface area contributed by atoms with E-state index in [1.54, 1.807) is 6.08 Å². The maximum atomic E-state index is 5.44. The second-order valence-electron chi connectivity index (χ2n) is 2.74. The first-order valence-corrected chi connectivity index (χ1v) is 3.53. The lowest BCUT2D eigenvalue weighted by atomic mass is 10.1. The van der Waals surface area contributed by atoms with Crippen LogP contribution in [0.4, 0.5) is 0 Å². The van der Waals surface area contributed by atoms with Gasteiger partial charge in [-0.2, -0.15) is 0 Å². The summed E-state index contributed by atoms with van der Waals surface area (Å²) in [6.45, 7) is 9.79. The second kappa shape index (κ2) is 4.09. The summed E-state index contributed by atoms with van der Waals surface area (Å²) < 4.78 is 0. The van der Waals surface area contributed by atoms with E-state index >= 15 is 0 Å². The van der Waals surface area contributed by atoms with Crippen LogP contribution in [0.1, 0.15) is 20.8 Å². The zero-order valence-electron chi connectivity index (χ0n) is 6.96. The first kappa shape index (κ1) is 9.21. The van der Waals surface area contributed by atoms with E-state index in [9.17, 15) is 0 Å². The minimum Gasteiger partial charge on any atom is -0.384 e. The summed E-state index contributed by atoms with van der Waals surface area (Å²) in [5, 5.41) is 0. The predicted octanol–water partition coefficient (Wildman–Crippen LogP) is 1.57. The van der Waals surface area contributed by atoms with Crippen LogP contribution in [-0.4, -0.2) is 11.9 Å². The summed E-state index contributed by atoms with van der Waals surface area (Å²) in [6, 6.07) is 0.290. The lowest BCUT2D eigenvalue weighted by Crippen LogP contribution is -2.15. The van der Waals surface area contributed by atoms with Crippen LogP contribution in [0.5, 0.6) is 0 Å². The van der Waals surface area contributed by atoms with E-state index in [0.717, 1.165) is 0 Å². The summed E-state index contributed by atoms with van der Waals surface area (Å²) in [4.78, 5) is 4.17. The van der Waals surface area contributed by atoms with Crippen LogP contribution >= 0.6 is 0 Å². The van der Waals surface area contributed by atoms with E-state index in [-0.39, 0.29) is 6.04 Å². The van der Waals surface area contributed by atoms with Gasteiger partial charge in [-0.1, -0.05) is 20.4 Å². The van der Waals surface area contributed by atoms with Crippen molar-refractivity contribution in [3.8, 4) is 0 Å². The van der Waals surface area contributed by atoms with Crippen molar-refractivity contribution in [2.45, 2.75) is 26.8 Å². The van der Waals surface area contributed by atoms with Crippen molar-refractivity contribution in [3.63, 3.8) is 0 Å². The summed E-state index contributed by atoms with van der Waals surface area (Å²) in [5.41, 5.74) is 5.44. The highest BCUT2D eigenvalue weighted by molar-refractivity contribution is 5.90. The van der Waals surface area contributed by atoms with Crippen LogP contribution in [0.2, 0.25) is 0 Å². The standard InChI is InChI=1S/C8H16N2/c1-5-8(9)10-7(4)6(2)3/h5-7H,1H2,2-4H3,(H2,9,10). The Bertz CT molecular complexity index is 136. The van der Waals surface area contributed by atoms with E-state index in [0.29, 0.717) is 11.8 Å². The fourth-order valence-corrected chi connectivity index (χ4v) is 0.437. The largest absolute Gasteiger partial charge is 0.384 e. The van der Waals surface area contributed by atoms with E-state index in [1.807, 2.05) is 6.92 Å². The molecule has 2 nitrogen and oxygen atoms in total. The minimum absolute atomic E-state index is 0.290. The molecule has 0 saturated carbocycles. The third-order valence-electron chi connectivity index (χ3n) is 1.53. The van der Waals surface area contributed by atoms with Crippen LogP contribution in [0.3, 0.4) is 0 Å². The molecule has 58 valence electrons. The average Bonchev–Trinajstić information content (AvgIpc) is 1.87. The van der Waals surface area contributed by atoms with Crippen LogP contribution in [0.15, 0.2) is 17.6 Å². The Morgan fingerprint density at radius 2 is 2.00 bits per heavy atom. The molecule has 0 heterocycles. The maximum absolute atomic E-state index is 5.44. The van der Waals surface area contributed by atoms with Crippen LogP contribution in [-0.2, 0) is 0 Å². The van der Waals surface area contributed by atoms with Crippen molar-refractivity contribution in [1.29, 1.82) is 0 Å². The lowest BCUT2D eigenvalue weighted by molar-refractivity contribution is 0.531. The molecule has 2 N–H and O–H groups in total. The van der Waals surface area contributed by atoms with Gasteiger partial charge >= 0.3 is 0 Å². The van der Waals surface area contributed by atoms with Gasteiger partial charge in [0, 0.05) is 0 Å². The Morgan fingerprint density at radius 1 is 1.50 bits per heavy atom. The molecule has 0 radical (unpaired) electrons. The predicted molar refractivity (Wildman–Crippen MR) is 46.1 cm³/mol. The zero-order chi connectivity index (χ0) is 8.15. The fraction of sp³-hybridized carbons (Fsp3) is 0.625. The Morgan fingerprint density at radius 3 is 2.30 bits per heavy atom. The summed E-state index contributed by atoms with van der Waals surface area (Å²) >= 11 is 0. The van der Waals surface area contributed by atoms with Gasteiger partial charge in [0.05, 0.1) is 6.04 Å². The first-order valence-electron chi connectivity index (χ1n) is 3.53. The third-order valence-corrected chi connectivity index (χ3v) is 1.53. The number of nitrogens with zero attached hydrogens (tertiary/aromatic N) is 1. The zero-order valence-corrected chi connectivity index (χ0v) is 6.96. The maximum Gasteiger partial charge on any atom is 0.117 e. The Kier molecular flexibility index (Phi) is 3.77. The summed E-state index contributed by atoms with van der Waals surface area (Å²) in [6.07, 6.45) is 1.57. The quantitative estimate of drug-likeness (QED) is 0.469. The average molecular weight is 140 g/mol.